The third-order valence-corrected chi connectivity index (χ3v) is 2.44. The Balaban J connectivity index is 2.11. The second-order valence-electron chi connectivity index (χ2n) is 3.50. The van der Waals surface area contributed by atoms with Crippen molar-refractivity contribution in [1.82, 2.24) is 0 Å². The smallest absolute Gasteiger partial charge is 0.126 e. The molecule has 1 aliphatic heterocycles. The Morgan fingerprint density at radius 2 is 2.36 bits per heavy atom. The molecule has 1 atom stereocenters. The first-order chi connectivity index (χ1) is 6.77. The van der Waals surface area contributed by atoms with Crippen LogP contribution in [0.3, 0.4) is 0 Å². The van der Waals surface area contributed by atoms with E-state index in [9.17, 15) is 5.11 Å². The highest BCUT2D eigenvalue weighted by atomic mass is 16.5. The lowest BCUT2D eigenvalue weighted by Gasteiger charge is -2.14. The zero-order valence-electron chi connectivity index (χ0n) is 8.19. The van der Waals surface area contributed by atoms with Crippen molar-refractivity contribution in [1.29, 1.82) is 0 Å². The molecule has 1 fully saturated rings. The minimum absolute atomic E-state index is 0.135. The van der Waals surface area contributed by atoms with Gasteiger partial charge in [-0.05, 0) is 19.1 Å². The summed E-state index contributed by atoms with van der Waals surface area (Å²) in [5.74, 6) is 1.03. The largest absolute Gasteiger partial charge is 0.508 e. The van der Waals surface area contributed by atoms with Gasteiger partial charge in [-0.1, -0.05) is 6.07 Å². The fourth-order valence-corrected chi connectivity index (χ4v) is 1.52. The zero-order chi connectivity index (χ0) is 9.97. The van der Waals surface area contributed by atoms with Gasteiger partial charge >= 0.3 is 0 Å². The van der Waals surface area contributed by atoms with E-state index in [1.165, 1.54) is 0 Å². The van der Waals surface area contributed by atoms with Gasteiger partial charge in [0, 0.05) is 12.0 Å². The van der Waals surface area contributed by atoms with Crippen LogP contribution in [0.4, 0.5) is 0 Å². The average molecular weight is 194 g/mol. The van der Waals surface area contributed by atoms with Gasteiger partial charge in [-0.15, -0.1) is 0 Å². The second-order valence-corrected chi connectivity index (χ2v) is 3.50. The molecule has 1 heterocycles. The summed E-state index contributed by atoms with van der Waals surface area (Å²) in [5, 5.41) is 9.46. The van der Waals surface area contributed by atoms with Crippen molar-refractivity contribution in [2.75, 3.05) is 13.2 Å². The van der Waals surface area contributed by atoms with Gasteiger partial charge in [-0.25, -0.2) is 0 Å². The number of hydrogen-bond donors (Lipinski definition) is 1. The van der Waals surface area contributed by atoms with Crippen molar-refractivity contribution in [3.8, 4) is 11.5 Å². The Bertz CT molecular complexity index is 316. The van der Waals surface area contributed by atoms with Gasteiger partial charge in [-0.2, -0.15) is 0 Å². The molecule has 0 saturated carbocycles. The van der Waals surface area contributed by atoms with Crippen molar-refractivity contribution in [3.63, 3.8) is 0 Å². The van der Waals surface area contributed by atoms with Crippen molar-refractivity contribution in [2.45, 2.75) is 19.4 Å². The van der Waals surface area contributed by atoms with Gasteiger partial charge < -0.3 is 14.6 Å². The summed E-state index contributed by atoms with van der Waals surface area (Å²) in [5.41, 5.74) is 0.791. The quantitative estimate of drug-likeness (QED) is 0.781. The lowest BCUT2D eigenvalue weighted by molar-refractivity contribution is 0.140. The third-order valence-electron chi connectivity index (χ3n) is 2.44. The molecule has 1 aromatic carbocycles. The first-order valence-electron chi connectivity index (χ1n) is 4.80. The summed E-state index contributed by atoms with van der Waals surface area (Å²) < 4.78 is 10.9. The third kappa shape index (κ3) is 1.82. The Morgan fingerprint density at radius 3 is 3.07 bits per heavy atom. The molecule has 76 valence electrons. The normalized spacial score (nSPS) is 21.1. The van der Waals surface area contributed by atoms with E-state index in [-0.39, 0.29) is 11.9 Å². The minimum Gasteiger partial charge on any atom is -0.508 e. The fourth-order valence-electron chi connectivity index (χ4n) is 1.52. The molecule has 1 saturated heterocycles. The van der Waals surface area contributed by atoms with Crippen LogP contribution in [0, 0.1) is 6.92 Å². The van der Waals surface area contributed by atoms with E-state index in [1.54, 1.807) is 12.1 Å². The number of ether oxygens (including phenoxy) is 2. The maximum absolute atomic E-state index is 9.46. The summed E-state index contributed by atoms with van der Waals surface area (Å²) in [7, 11) is 0. The number of rotatable bonds is 2. The highest BCUT2D eigenvalue weighted by molar-refractivity contribution is 5.42. The SMILES string of the molecule is Cc1c(O)cccc1OC1CCOC1. The lowest BCUT2D eigenvalue weighted by atomic mass is 10.2. The number of benzene rings is 1. The molecule has 1 aromatic rings. The number of aromatic hydroxyl groups is 1. The van der Waals surface area contributed by atoms with Gasteiger partial charge in [-0.3, -0.25) is 0 Å². The maximum atomic E-state index is 9.46. The fraction of sp³-hybridized carbons (Fsp3) is 0.455. The topological polar surface area (TPSA) is 38.7 Å². The van der Waals surface area contributed by atoms with E-state index in [0.717, 1.165) is 24.3 Å². The number of phenolic OH excluding ortho intramolecular Hbond substituents is 1. The summed E-state index contributed by atoms with van der Waals surface area (Å²) in [6.07, 6.45) is 1.06. The van der Waals surface area contributed by atoms with E-state index in [4.69, 9.17) is 9.47 Å². The molecule has 0 spiro atoms. The molecule has 1 aliphatic rings. The van der Waals surface area contributed by atoms with E-state index < -0.39 is 0 Å². The van der Waals surface area contributed by atoms with Crippen molar-refractivity contribution < 1.29 is 14.6 Å². The Morgan fingerprint density at radius 1 is 1.50 bits per heavy atom. The standard InChI is InChI=1S/C11H14O3/c1-8-10(12)3-2-4-11(8)14-9-5-6-13-7-9/h2-4,9,12H,5-7H2,1H3. The molecule has 0 radical (unpaired) electrons. The number of phenols is 1. The molecule has 1 N–H and O–H groups in total. The van der Waals surface area contributed by atoms with Crippen molar-refractivity contribution in [2.24, 2.45) is 0 Å². The van der Waals surface area contributed by atoms with Gasteiger partial charge in [0.15, 0.2) is 0 Å². The van der Waals surface area contributed by atoms with Crippen molar-refractivity contribution >= 4 is 0 Å². The van der Waals surface area contributed by atoms with Crippen LogP contribution >= 0.6 is 0 Å². The molecular weight excluding hydrogens is 180 g/mol. The van der Waals surface area contributed by atoms with Gasteiger partial charge in [0.25, 0.3) is 0 Å². The van der Waals surface area contributed by atoms with Crippen LogP contribution < -0.4 is 4.74 Å². The predicted octanol–water partition coefficient (Wildman–Crippen LogP) is 1.87. The van der Waals surface area contributed by atoms with Crippen molar-refractivity contribution in [3.05, 3.63) is 23.8 Å². The Kier molecular flexibility index (Phi) is 2.59. The summed E-state index contributed by atoms with van der Waals surface area (Å²) >= 11 is 0. The highest BCUT2D eigenvalue weighted by Gasteiger charge is 2.18. The van der Waals surface area contributed by atoms with E-state index >= 15 is 0 Å². The summed E-state index contributed by atoms with van der Waals surface area (Å²) in [6, 6.07) is 5.31. The molecule has 2 rings (SSSR count). The number of hydrogen-bond acceptors (Lipinski definition) is 3. The first-order valence-corrected chi connectivity index (χ1v) is 4.80. The molecule has 0 amide bonds. The zero-order valence-corrected chi connectivity index (χ0v) is 8.19. The Hall–Kier alpha value is -1.22. The molecule has 0 aliphatic carbocycles. The molecule has 3 nitrogen and oxygen atoms in total. The van der Waals surface area contributed by atoms with Crippen LogP contribution in [0.2, 0.25) is 0 Å². The molecule has 0 bridgehead atoms. The van der Waals surface area contributed by atoms with Crippen LogP contribution in [0.15, 0.2) is 18.2 Å². The van der Waals surface area contributed by atoms with E-state index in [1.807, 2.05) is 13.0 Å². The van der Waals surface area contributed by atoms with Crippen LogP contribution in [0.1, 0.15) is 12.0 Å². The average Bonchev–Trinajstić information content (AvgIpc) is 2.66. The molecule has 0 aromatic heterocycles. The Labute approximate surface area is 83.3 Å². The summed E-state index contributed by atoms with van der Waals surface area (Å²) in [4.78, 5) is 0. The second kappa shape index (κ2) is 3.88. The minimum atomic E-state index is 0.135. The molecule has 14 heavy (non-hydrogen) atoms. The van der Waals surface area contributed by atoms with Gasteiger partial charge in [0.05, 0.1) is 13.2 Å². The maximum Gasteiger partial charge on any atom is 0.126 e. The van der Waals surface area contributed by atoms with Crippen LogP contribution in [-0.4, -0.2) is 24.4 Å². The van der Waals surface area contributed by atoms with Gasteiger partial charge in [0.2, 0.25) is 0 Å². The van der Waals surface area contributed by atoms with Gasteiger partial charge in [0.1, 0.15) is 17.6 Å². The van der Waals surface area contributed by atoms with E-state index in [2.05, 4.69) is 0 Å². The highest BCUT2D eigenvalue weighted by Crippen LogP contribution is 2.27. The predicted molar refractivity (Wildman–Crippen MR) is 52.7 cm³/mol. The molecule has 1 unspecified atom stereocenters. The summed E-state index contributed by atoms with van der Waals surface area (Å²) in [6.45, 7) is 3.26. The van der Waals surface area contributed by atoms with Crippen LogP contribution in [0.5, 0.6) is 11.5 Å². The van der Waals surface area contributed by atoms with Crippen LogP contribution in [0.25, 0.3) is 0 Å². The molecule has 3 heteroatoms. The monoisotopic (exact) mass is 194 g/mol. The van der Waals surface area contributed by atoms with E-state index in [0.29, 0.717) is 6.61 Å². The molecular formula is C11H14O3. The lowest BCUT2D eigenvalue weighted by Crippen LogP contribution is -2.16. The van der Waals surface area contributed by atoms with Crippen LogP contribution in [-0.2, 0) is 4.74 Å². The first kappa shape index (κ1) is 9.34.